The van der Waals surface area contributed by atoms with Crippen LogP contribution in [0.5, 0.6) is 0 Å². The first-order valence-electron chi connectivity index (χ1n) is 7.47. The molecule has 112 valence electrons. The molecular formula is C16H27N3O. The van der Waals surface area contributed by atoms with Gasteiger partial charge in [-0.2, -0.15) is 0 Å². The highest BCUT2D eigenvalue weighted by atomic mass is 16.2. The first kappa shape index (κ1) is 16.5. The summed E-state index contributed by atoms with van der Waals surface area (Å²) in [5.41, 5.74) is 1.49. The summed E-state index contributed by atoms with van der Waals surface area (Å²) in [6.07, 6.45) is 5.31. The second-order valence-electron chi connectivity index (χ2n) is 5.49. The van der Waals surface area contributed by atoms with Gasteiger partial charge in [-0.1, -0.05) is 27.7 Å². The predicted molar refractivity (Wildman–Crippen MR) is 84.0 cm³/mol. The van der Waals surface area contributed by atoms with Gasteiger partial charge in [-0.05, 0) is 24.8 Å². The summed E-state index contributed by atoms with van der Waals surface area (Å²) >= 11 is 0. The molecule has 1 N–H and O–H groups in total. The molecule has 1 aromatic rings. The zero-order chi connectivity index (χ0) is 15.1. The fourth-order valence-corrected chi connectivity index (χ4v) is 2.46. The van der Waals surface area contributed by atoms with Crippen LogP contribution in [0.4, 0.5) is 5.69 Å². The largest absolute Gasteiger partial charge is 0.387 e. The van der Waals surface area contributed by atoms with Crippen molar-refractivity contribution in [2.45, 2.75) is 46.6 Å². The van der Waals surface area contributed by atoms with Gasteiger partial charge in [0.05, 0.1) is 5.56 Å². The number of anilines is 1. The minimum atomic E-state index is 0.0739. The lowest BCUT2D eigenvalue weighted by atomic mass is 10.1. The quantitative estimate of drug-likeness (QED) is 0.830. The number of hydrogen-bond donors (Lipinski definition) is 1. The van der Waals surface area contributed by atoms with Crippen molar-refractivity contribution in [2.24, 2.45) is 5.92 Å². The summed E-state index contributed by atoms with van der Waals surface area (Å²) in [7, 11) is 1.83. The molecule has 0 atom stereocenters. The van der Waals surface area contributed by atoms with Gasteiger partial charge in [0.2, 0.25) is 0 Å². The lowest BCUT2D eigenvalue weighted by Crippen LogP contribution is -2.42. The molecule has 1 heterocycles. The molecule has 0 spiro atoms. The third kappa shape index (κ3) is 3.95. The van der Waals surface area contributed by atoms with Crippen molar-refractivity contribution in [1.82, 2.24) is 9.88 Å². The summed E-state index contributed by atoms with van der Waals surface area (Å²) < 4.78 is 0. The Morgan fingerprint density at radius 3 is 2.50 bits per heavy atom. The van der Waals surface area contributed by atoms with E-state index >= 15 is 0 Å². The maximum atomic E-state index is 12.9. The molecule has 0 aliphatic heterocycles. The van der Waals surface area contributed by atoms with E-state index in [1.165, 1.54) is 0 Å². The zero-order valence-electron chi connectivity index (χ0n) is 13.3. The van der Waals surface area contributed by atoms with Crippen LogP contribution in [0, 0.1) is 5.92 Å². The van der Waals surface area contributed by atoms with Gasteiger partial charge in [0, 0.05) is 37.7 Å². The molecule has 1 aromatic heterocycles. The number of hydrogen-bond acceptors (Lipinski definition) is 3. The van der Waals surface area contributed by atoms with E-state index in [-0.39, 0.29) is 11.9 Å². The van der Waals surface area contributed by atoms with Crippen LogP contribution >= 0.6 is 0 Å². The zero-order valence-corrected chi connectivity index (χ0v) is 13.3. The van der Waals surface area contributed by atoms with Gasteiger partial charge in [-0.25, -0.2) is 0 Å². The molecule has 0 aliphatic carbocycles. The Morgan fingerprint density at radius 1 is 1.35 bits per heavy atom. The monoisotopic (exact) mass is 277 g/mol. The van der Waals surface area contributed by atoms with Gasteiger partial charge in [0.25, 0.3) is 5.91 Å². The average molecular weight is 277 g/mol. The highest BCUT2D eigenvalue weighted by Crippen LogP contribution is 2.20. The SMILES string of the molecule is CCC(CC)N(CC(C)C)C(=O)c1cnccc1NC. The molecule has 0 fully saturated rings. The number of nitrogens with zero attached hydrogens (tertiary/aromatic N) is 2. The molecule has 0 saturated carbocycles. The lowest BCUT2D eigenvalue weighted by Gasteiger charge is -2.32. The molecule has 0 saturated heterocycles. The number of carbonyl (C=O) groups excluding carboxylic acids is 1. The fraction of sp³-hybridized carbons (Fsp3) is 0.625. The van der Waals surface area contributed by atoms with E-state index in [9.17, 15) is 4.79 Å². The highest BCUT2D eigenvalue weighted by Gasteiger charge is 2.24. The fourth-order valence-electron chi connectivity index (χ4n) is 2.46. The standard InChI is InChI=1S/C16H27N3O/c1-6-13(7-2)19(11-12(3)4)16(20)14-10-18-9-8-15(14)17-5/h8-10,12-13H,6-7,11H2,1-5H3,(H,17,18). The van der Waals surface area contributed by atoms with E-state index in [0.717, 1.165) is 25.1 Å². The molecule has 0 unspecified atom stereocenters. The normalized spacial score (nSPS) is 10.9. The average Bonchev–Trinajstić information content (AvgIpc) is 2.46. The summed E-state index contributed by atoms with van der Waals surface area (Å²) in [5, 5.41) is 3.07. The van der Waals surface area contributed by atoms with E-state index in [0.29, 0.717) is 11.5 Å². The van der Waals surface area contributed by atoms with Crippen molar-refractivity contribution in [2.75, 3.05) is 18.9 Å². The maximum Gasteiger partial charge on any atom is 0.257 e. The molecule has 1 amide bonds. The molecular weight excluding hydrogens is 250 g/mol. The number of nitrogens with one attached hydrogen (secondary N) is 1. The maximum absolute atomic E-state index is 12.9. The van der Waals surface area contributed by atoms with E-state index in [1.807, 2.05) is 18.0 Å². The van der Waals surface area contributed by atoms with Crippen molar-refractivity contribution >= 4 is 11.6 Å². The second kappa shape index (κ2) is 7.88. The Morgan fingerprint density at radius 2 is 2.00 bits per heavy atom. The number of pyridine rings is 1. The topological polar surface area (TPSA) is 45.2 Å². The molecule has 20 heavy (non-hydrogen) atoms. The molecule has 0 bridgehead atoms. The van der Waals surface area contributed by atoms with Gasteiger partial charge >= 0.3 is 0 Å². The Bertz CT molecular complexity index is 427. The molecule has 0 aliphatic rings. The number of rotatable bonds is 7. The van der Waals surface area contributed by atoms with Gasteiger partial charge in [0.15, 0.2) is 0 Å². The molecule has 0 aromatic carbocycles. The molecule has 0 radical (unpaired) electrons. The lowest BCUT2D eigenvalue weighted by molar-refractivity contribution is 0.0641. The van der Waals surface area contributed by atoms with E-state index in [1.54, 1.807) is 12.4 Å². The summed E-state index contributed by atoms with van der Waals surface area (Å²) in [6.45, 7) is 9.34. The van der Waals surface area contributed by atoms with Crippen molar-refractivity contribution in [3.05, 3.63) is 24.0 Å². The van der Waals surface area contributed by atoms with Crippen molar-refractivity contribution in [3.8, 4) is 0 Å². The van der Waals surface area contributed by atoms with E-state index in [2.05, 4.69) is 38.0 Å². The van der Waals surface area contributed by atoms with Crippen molar-refractivity contribution < 1.29 is 4.79 Å². The van der Waals surface area contributed by atoms with Crippen LogP contribution in [-0.2, 0) is 0 Å². The highest BCUT2D eigenvalue weighted by molar-refractivity contribution is 5.99. The van der Waals surface area contributed by atoms with Crippen LogP contribution in [0.15, 0.2) is 18.5 Å². The number of aromatic nitrogens is 1. The van der Waals surface area contributed by atoms with Gasteiger partial charge in [-0.3, -0.25) is 9.78 Å². The Balaban J connectivity index is 3.09. The Labute approximate surface area is 122 Å². The van der Waals surface area contributed by atoms with Crippen LogP contribution in [0.1, 0.15) is 50.9 Å². The van der Waals surface area contributed by atoms with Gasteiger partial charge in [-0.15, -0.1) is 0 Å². The summed E-state index contributed by atoms with van der Waals surface area (Å²) in [5.74, 6) is 0.527. The van der Waals surface area contributed by atoms with Crippen molar-refractivity contribution in [3.63, 3.8) is 0 Å². The molecule has 4 nitrogen and oxygen atoms in total. The first-order chi connectivity index (χ1) is 9.54. The minimum absolute atomic E-state index is 0.0739. The van der Waals surface area contributed by atoms with Crippen LogP contribution in [0.3, 0.4) is 0 Å². The summed E-state index contributed by atoms with van der Waals surface area (Å²) in [4.78, 5) is 19.0. The van der Waals surface area contributed by atoms with E-state index in [4.69, 9.17) is 0 Å². The second-order valence-corrected chi connectivity index (χ2v) is 5.49. The van der Waals surface area contributed by atoms with Crippen LogP contribution in [0.25, 0.3) is 0 Å². The molecule has 1 rings (SSSR count). The van der Waals surface area contributed by atoms with Gasteiger partial charge < -0.3 is 10.2 Å². The Hall–Kier alpha value is -1.58. The number of amides is 1. The van der Waals surface area contributed by atoms with Crippen LogP contribution in [0.2, 0.25) is 0 Å². The van der Waals surface area contributed by atoms with Crippen molar-refractivity contribution in [1.29, 1.82) is 0 Å². The predicted octanol–water partition coefficient (Wildman–Crippen LogP) is 3.41. The molecule has 4 heteroatoms. The summed E-state index contributed by atoms with van der Waals surface area (Å²) in [6, 6.07) is 2.13. The van der Waals surface area contributed by atoms with E-state index < -0.39 is 0 Å². The van der Waals surface area contributed by atoms with Crippen LogP contribution < -0.4 is 5.32 Å². The Kier molecular flexibility index (Phi) is 6.49. The third-order valence-corrected chi connectivity index (χ3v) is 3.53. The van der Waals surface area contributed by atoms with Gasteiger partial charge in [0.1, 0.15) is 0 Å². The number of carbonyl (C=O) groups is 1. The minimum Gasteiger partial charge on any atom is -0.387 e. The first-order valence-corrected chi connectivity index (χ1v) is 7.47. The smallest absolute Gasteiger partial charge is 0.257 e. The third-order valence-electron chi connectivity index (χ3n) is 3.53. The van der Waals surface area contributed by atoms with Crippen LogP contribution in [-0.4, -0.2) is 35.4 Å².